The number of rotatable bonds is 5. The Kier molecular flexibility index (Phi) is 7.93. The first-order chi connectivity index (χ1) is 10.1. The fraction of sp³-hybridized carbons (Fsp3) is 0.867. The number of amides is 1. The lowest BCUT2D eigenvalue weighted by Crippen LogP contribution is -2.54. The van der Waals surface area contributed by atoms with Gasteiger partial charge in [-0.1, -0.05) is 13.8 Å². The molecule has 1 fully saturated rings. The Bertz CT molecular complexity index is 337. The van der Waals surface area contributed by atoms with Crippen molar-refractivity contribution < 1.29 is 9.53 Å². The van der Waals surface area contributed by atoms with Crippen molar-refractivity contribution in [3.05, 3.63) is 0 Å². The number of carbonyl (C=O) groups excluding carboxylic acids is 1. The maximum absolute atomic E-state index is 11.7. The van der Waals surface area contributed by atoms with Crippen molar-refractivity contribution in [2.45, 2.75) is 33.6 Å². The van der Waals surface area contributed by atoms with Crippen LogP contribution < -0.4 is 5.32 Å². The lowest BCUT2D eigenvalue weighted by atomic mass is 10.1. The number of nitrogens with one attached hydrogen (secondary N) is 1. The normalized spacial score (nSPS) is 16.3. The van der Waals surface area contributed by atoms with Gasteiger partial charge in [0.05, 0.1) is 6.61 Å². The third kappa shape index (κ3) is 6.23. The van der Waals surface area contributed by atoms with Crippen LogP contribution >= 0.6 is 0 Å². The molecule has 0 spiro atoms. The third-order valence-corrected chi connectivity index (χ3v) is 3.56. The fourth-order valence-electron chi connectivity index (χ4n) is 2.36. The van der Waals surface area contributed by atoms with Gasteiger partial charge in [0, 0.05) is 39.8 Å². The van der Waals surface area contributed by atoms with Crippen molar-refractivity contribution in [3.8, 4) is 0 Å². The van der Waals surface area contributed by atoms with Gasteiger partial charge in [-0.05, 0) is 25.7 Å². The molecule has 1 aliphatic rings. The van der Waals surface area contributed by atoms with E-state index in [2.05, 4.69) is 29.1 Å². The smallest absolute Gasteiger partial charge is 0.409 e. The Balaban J connectivity index is 2.32. The summed E-state index contributed by atoms with van der Waals surface area (Å²) >= 11 is 0. The summed E-state index contributed by atoms with van der Waals surface area (Å²) < 4.78 is 5.03. The molecule has 0 aromatic rings. The molecule has 0 saturated carbocycles. The Morgan fingerprint density at radius 1 is 1.24 bits per heavy atom. The molecule has 0 atom stereocenters. The molecule has 0 bridgehead atoms. The van der Waals surface area contributed by atoms with Crippen LogP contribution in [-0.4, -0.2) is 68.2 Å². The van der Waals surface area contributed by atoms with Gasteiger partial charge >= 0.3 is 6.09 Å². The van der Waals surface area contributed by atoms with Gasteiger partial charge in [0.25, 0.3) is 0 Å². The summed E-state index contributed by atoms with van der Waals surface area (Å²) in [4.78, 5) is 19.9. The van der Waals surface area contributed by atoms with Gasteiger partial charge in [-0.25, -0.2) is 4.79 Å². The van der Waals surface area contributed by atoms with E-state index in [9.17, 15) is 4.79 Å². The lowest BCUT2D eigenvalue weighted by molar-refractivity contribution is 0.0914. The second-order valence-corrected chi connectivity index (χ2v) is 5.68. The van der Waals surface area contributed by atoms with Crippen molar-refractivity contribution in [2.24, 2.45) is 10.9 Å². The SMILES string of the molecule is CCOC(=O)N1CCN(C(=NC)NCCCC(C)C)CC1. The summed E-state index contributed by atoms with van der Waals surface area (Å²) in [6.07, 6.45) is 2.16. The zero-order valence-corrected chi connectivity index (χ0v) is 13.9. The summed E-state index contributed by atoms with van der Waals surface area (Å²) in [6.45, 7) is 10.6. The van der Waals surface area contributed by atoms with Gasteiger partial charge in [0.1, 0.15) is 0 Å². The zero-order chi connectivity index (χ0) is 15.7. The number of ether oxygens (including phenoxy) is 1. The van der Waals surface area contributed by atoms with Crippen LogP contribution in [0.2, 0.25) is 0 Å². The first-order valence-electron chi connectivity index (χ1n) is 7.95. The number of carbonyl (C=O) groups is 1. The minimum absolute atomic E-state index is 0.211. The molecule has 1 rings (SSSR count). The van der Waals surface area contributed by atoms with Crippen LogP contribution in [-0.2, 0) is 4.74 Å². The average molecular weight is 298 g/mol. The van der Waals surface area contributed by atoms with E-state index < -0.39 is 0 Å². The number of guanidine groups is 1. The van der Waals surface area contributed by atoms with Crippen molar-refractivity contribution in [1.82, 2.24) is 15.1 Å². The summed E-state index contributed by atoms with van der Waals surface area (Å²) in [6, 6.07) is 0. The number of nitrogens with zero attached hydrogens (tertiary/aromatic N) is 3. The number of hydrogen-bond donors (Lipinski definition) is 1. The monoisotopic (exact) mass is 298 g/mol. The molecule has 21 heavy (non-hydrogen) atoms. The summed E-state index contributed by atoms with van der Waals surface area (Å²) in [5, 5.41) is 3.40. The van der Waals surface area contributed by atoms with Crippen LogP contribution in [0.3, 0.4) is 0 Å². The largest absolute Gasteiger partial charge is 0.450 e. The number of aliphatic imine (C=N–C) groups is 1. The van der Waals surface area contributed by atoms with E-state index in [1.54, 1.807) is 4.90 Å². The van der Waals surface area contributed by atoms with E-state index in [1.165, 1.54) is 6.42 Å². The van der Waals surface area contributed by atoms with Crippen molar-refractivity contribution >= 4 is 12.1 Å². The lowest BCUT2D eigenvalue weighted by Gasteiger charge is -2.35. The highest BCUT2D eigenvalue weighted by atomic mass is 16.6. The molecule has 0 aromatic carbocycles. The molecule has 1 amide bonds. The average Bonchev–Trinajstić information content (AvgIpc) is 2.47. The highest BCUT2D eigenvalue weighted by Gasteiger charge is 2.23. The van der Waals surface area contributed by atoms with Crippen LogP contribution in [0.4, 0.5) is 4.79 Å². The standard InChI is InChI=1S/C15H30N4O2/c1-5-21-15(20)19-11-9-18(10-12-19)14(16-4)17-8-6-7-13(2)3/h13H,5-12H2,1-4H3,(H,16,17). The summed E-state index contributed by atoms with van der Waals surface area (Å²) in [5.41, 5.74) is 0. The maximum Gasteiger partial charge on any atom is 0.409 e. The first-order valence-corrected chi connectivity index (χ1v) is 7.95. The molecule has 122 valence electrons. The van der Waals surface area contributed by atoms with Crippen LogP contribution in [0.1, 0.15) is 33.6 Å². The second kappa shape index (κ2) is 9.47. The minimum Gasteiger partial charge on any atom is -0.450 e. The first kappa shape index (κ1) is 17.6. The van der Waals surface area contributed by atoms with Gasteiger partial charge in [0.15, 0.2) is 5.96 Å². The predicted molar refractivity (Wildman–Crippen MR) is 85.6 cm³/mol. The molecule has 0 unspecified atom stereocenters. The molecular weight excluding hydrogens is 268 g/mol. The molecule has 1 heterocycles. The van der Waals surface area contributed by atoms with Crippen LogP contribution in [0.15, 0.2) is 4.99 Å². The third-order valence-electron chi connectivity index (χ3n) is 3.56. The Hall–Kier alpha value is -1.46. The molecule has 0 aliphatic carbocycles. The van der Waals surface area contributed by atoms with E-state index in [0.717, 1.165) is 37.9 Å². The number of hydrogen-bond acceptors (Lipinski definition) is 3. The predicted octanol–water partition coefficient (Wildman–Crippen LogP) is 1.77. The Morgan fingerprint density at radius 2 is 1.86 bits per heavy atom. The highest BCUT2D eigenvalue weighted by molar-refractivity contribution is 5.80. The van der Waals surface area contributed by atoms with Crippen LogP contribution in [0.5, 0.6) is 0 Å². The van der Waals surface area contributed by atoms with E-state index in [0.29, 0.717) is 19.7 Å². The van der Waals surface area contributed by atoms with Gasteiger partial charge in [-0.3, -0.25) is 4.99 Å². The molecule has 0 aromatic heterocycles. The van der Waals surface area contributed by atoms with E-state index in [4.69, 9.17) is 4.74 Å². The zero-order valence-electron chi connectivity index (χ0n) is 13.9. The van der Waals surface area contributed by atoms with E-state index in [-0.39, 0.29) is 6.09 Å². The van der Waals surface area contributed by atoms with Crippen LogP contribution in [0.25, 0.3) is 0 Å². The maximum atomic E-state index is 11.7. The molecule has 6 heteroatoms. The van der Waals surface area contributed by atoms with Gasteiger partial charge in [0.2, 0.25) is 0 Å². The van der Waals surface area contributed by atoms with Gasteiger partial charge in [-0.2, -0.15) is 0 Å². The van der Waals surface area contributed by atoms with Gasteiger partial charge < -0.3 is 19.9 Å². The Labute approximate surface area is 128 Å². The molecule has 1 saturated heterocycles. The van der Waals surface area contributed by atoms with Crippen molar-refractivity contribution in [2.75, 3.05) is 46.4 Å². The van der Waals surface area contributed by atoms with Crippen molar-refractivity contribution in [1.29, 1.82) is 0 Å². The topological polar surface area (TPSA) is 57.2 Å². The molecular formula is C15H30N4O2. The van der Waals surface area contributed by atoms with E-state index >= 15 is 0 Å². The fourth-order valence-corrected chi connectivity index (χ4v) is 2.36. The van der Waals surface area contributed by atoms with Crippen LogP contribution in [0, 0.1) is 5.92 Å². The molecule has 0 radical (unpaired) electrons. The second-order valence-electron chi connectivity index (χ2n) is 5.68. The van der Waals surface area contributed by atoms with Crippen molar-refractivity contribution in [3.63, 3.8) is 0 Å². The Morgan fingerprint density at radius 3 is 2.38 bits per heavy atom. The van der Waals surface area contributed by atoms with Gasteiger partial charge in [-0.15, -0.1) is 0 Å². The summed E-state index contributed by atoms with van der Waals surface area (Å²) in [5.74, 6) is 1.67. The number of piperazine rings is 1. The molecule has 1 N–H and O–H groups in total. The molecule has 1 aliphatic heterocycles. The highest BCUT2D eigenvalue weighted by Crippen LogP contribution is 2.05. The van der Waals surface area contributed by atoms with E-state index in [1.807, 2.05) is 14.0 Å². The molecule has 6 nitrogen and oxygen atoms in total. The quantitative estimate of drug-likeness (QED) is 0.477. The minimum atomic E-state index is -0.211. The summed E-state index contributed by atoms with van der Waals surface area (Å²) in [7, 11) is 1.81.